The van der Waals surface area contributed by atoms with Crippen molar-refractivity contribution in [2.45, 2.75) is 105 Å². The molecule has 0 aliphatic carbocycles. The third-order valence-corrected chi connectivity index (χ3v) is 5.53. The van der Waals surface area contributed by atoms with Crippen LogP contribution in [0, 0.1) is 0 Å². The van der Waals surface area contributed by atoms with Crippen LogP contribution in [-0.4, -0.2) is 33.3 Å². The van der Waals surface area contributed by atoms with E-state index in [1.165, 1.54) is 22.6 Å². The van der Waals surface area contributed by atoms with Crippen molar-refractivity contribution in [3.8, 4) is 0 Å². The molecule has 0 heterocycles. The van der Waals surface area contributed by atoms with Crippen molar-refractivity contribution in [2.24, 2.45) is 0 Å². The molecule has 0 spiro atoms. The fourth-order valence-electron chi connectivity index (χ4n) is 2.86. The average molecular weight is 564 g/mol. The van der Waals surface area contributed by atoms with Gasteiger partial charge in [-0.1, -0.05) is 81.4 Å². The summed E-state index contributed by atoms with van der Waals surface area (Å²) < 4.78 is 142. The van der Waals surface area contributed by atoms with Crippen LogP contribution in [0.1, 0.15) is 71.6 Å². The summed E-state index contributed by atoms with van der Waals surface area (Å²) in [7, 11) is 0. The molecule has 0 fully saturated rings. The molecule has 12 heteroatoms. The Morgan fingerprint density at radius 3 is 1.38 bits per heavy atom. The molecule has 0 rings (SSSR count). The zero-order valence-electron chi connectivity index (χ0n) is 15.9. The molecule has 0 saturated heterocycles. The number of alkyl halides is 12. The van der Waals surface area contributed by atoms with Crippen LogP contribution in [0.2, 0.25) is 0 Å². The summed E-state index contributed by atoms with van der Waals surface area (Å²) in [6.45, 7) is 2.91. The van der Waals surface area contributed by atoms with E-state index in [4.69, 9.17) is 0 Å². The molecule has 2 unspecified atom stereocenters. The van der Waals surface area contributed by atoms with E-state index in [1.54, 1.807) is 0 Å². The Morgan fingerprint density at radius 1 is 0.586 bits per heavy atom. The first-order valence-corrected chi connectivity index (χ1v) is 10.1. The Labute approximate surface area is 176 Å². The van der Waals surface area contributed by atoms with E-state index >= 15 is 0 Å². The van der Waals surface area contributed by atoms with E-state index in [9.17, 15) is 48.3 Å². The van der Waals surface area contributed by atoms with Crippen LogP contribution >= 0.6 is 22.6 Å². The lowest BCUT2D eigenvalue weighted by Crippen LogP contribution is -2.68. The van der Waals surface area contributed by atoms with E-state index in [0.29, 0.717) is 12.8 Å². The third kappa shape index (κ3) is 6.98. The van der Waals surface area contributed by atoms with Crippen LogP contribution in [0.25, 0.3) is 0 Å². The summed E-state index contributed by atoms with van der Waals surface area (Å²) in [6, 6.07) is 0. The zero-order chi connectivity index (χ0) is 23.4. The molecule has 0 amide bonds. The second kappa shape index (κ2) is 10.1. The van der Waals surface area contributed by atoms with Gasteiger partial charge in [0.25, 0.3) is 5.67 Å². The van der Waals surface area contributed by atoms with Gasteiger partial charge in [-0.2, -0.15) is 43.9 Å². The second-order valence-electron chi connectivity index (χ2n) is 7.41. The SMILES string of the molecule is CCCCCCCCCC(C)(I)CC(F)(C(F)(F)F)C(F)(F)C(F)(F)C(F)(F)F. The Bertz CT molecular complexity index is 497. The number of halogens is 12. The monoisotopic (exact) mass is 564 g/mol. The highest BCUT2D eigenvalue weighted by molar-refractivity contribution is 14.1. The molecule has 0 aliphatic rings. The van der Waals surface area contributed by atoms with E-state index in [-0.39, 0.29) is 12.8 Å². The minimum Gasteiger partial charge on any atom is -0.227 e. The number of hydrogen-bond acceptors (Lipinski definition) is 0. The maximum Gasteiger partial charge on any atom is 0.460 e. The lowest BCUT2D eigenvalue weighted by Gasteiger charge is -2.42. The van der Waals surface area contributed by atoms with Gasteiger partial charge in [0, 0.05) is 9.84 Å². The van der Waals surface area contributed by atoms with Crippen LogP contribution in [0.15, 0.2) is 0 Å². The van der Waals surface area contributed by atoms with Crippen LogP contribution in [-0.2, 0) is 0 Å². The summed E-state index contributed by atoms with van der Waals surface area (Å²) in [6.07, 6.45) is -11.1. The summed E-state index contributed by atoms with van der Waals surface area (Å²) in [5, 5.41) is 0. The van der Waals surface area contributed by atoms with Crippen LogP contribution in [0.5, 0.6) is 0 Å². The second-order valence-corrected chi connectivity index (χ2v) is 10.0. The summed E-state index contributed by atoms with van der Waals surface area (Å²) >= 11 is 1.20. The van der Waals surface area contributed by atoms with Crippen LogP contribution in [0.4, 0.5) is 48.3 Å². The van der Waals surface area contributed by atoms with Gasteiger partial charge in [0.15, 0.2) is 0 Å². The van der Waals surface area contributed by atoms with Gasteiger partial charge in [-0.25, -0.2) is 4.39 Å². The van der Waals surface area contributed by atoms with Crippen molar-refractivity contribution in [3.05, 3.63) is 0 Å². The molecule has 0 aromatic heterocycles. The Hall–Kier alpha value is -0.0400. The van der Waals surface area contributed by atoms with Crippen molar-refractivity contribution in [2.75, 3.05) is 0 Å². The maximum atomic E-state index is 14.5. The molecule has 0 aromatic carbocycles. The van der Waals surface area contributed by atoms with Gasteiger partial charge in [0.2, 0.25) is 0 Å². The van der Waals surface area contributed by atoms with Crippen molar-refractivity contribution in [1.82, 2.24) is 0 Å². The Kier molecular flexibility index (Phi) is 10.0. The molecule has 0 aliphatic heterocycles. The highest BCUT2D eigenvalue weighted by Gasteiger charge is 2.86. The van der Waals surface area contributed by atoms with Gasteiger partial charge in [0.1, 0.15) is 0 Å². The fraction of sp³-hybridized carbons (Fsp3) is 1.00. The molecule has 0 bridgehead atoms. The molecule has 0 nitrogen and oxygen atoms in total. The van der Waals surface area contributed by atoms with Gasteiger partial charge in [-0.3, -0.25) is 0 Å². The van der Waals surface area contributed by atoms with Gasteiger partial charge in [-0.15, -0.1) is 0 Å². The predicted molar refractivity (Wildman–Crippen MR) is 95.5 cm³/mol. The summed E-state index contributed by atoms with van der Waals surface area (Å²) in [5.74, 6) is -14.2. The van der Waals surface area contributed by atoms with E-state index in [2.05, 4.69) is 0 Å². The molecule has 29 heavy (non-hydrogen) atoms. The topological polar surface area (TPSA) is 0 Å². The largest absolute Gasteiger partial charge is 0.460 e. The smallest absolute Gasteiger partial charge is 0.227 e. The zero-order valence-corrected chi connectivity index (χ0v) is 18.1. The first-order valence-electron chi connectivity index (χ1n) is 9.04. The van der Waals surface area contributed by atoms with Gasteiger partial charge >= 0.3 is 24.2 Å². The number of rotatable bonds is 12. The van der Waals surface area contributed by atoms with Gasteiger partial charge < -0.3 is 0 Å². The fourth-order valence-corrected chi connectivity index (χ4v) is 3.77. The highest BCUT2D eigenvalue weighted by Crippen LogP contribution is 2.60. The molecule has 176 valence electrons. The predicted octanol–water partition coefficient (Wildman–Crippen LogP) is 8.81. The summed E-state index contributed by atoms with van der Waals surface area (Å²) in [5.41, 5.74) is -6.06. The highest BCUT2D eigenvalue weighted by atomic mass is 127. The molecule has 0 aromatic rings. The Balaban J connectivity index is 5.43. The molecule has 0 saturated carbocycles. The normalized spacial score (nSPS) is 18.4. The first kappa shape index (κ1) is 29.0. The molecule has 2 atom stereocenters. The van der Waals surface area contributed by atoms with E-state index in [1.807, 2.05) is 6.92 Å². The lowest BCUT2D eigenvalue weighted by molar-refractivity contribution is -0.412. The number of hydrogen-bond donors (Lipinski definition) is 0. The minimum absolute atomic E-state index is 0.195. The quantitative estimate of drug-likeness (QED) is 0.0962. The van der Waals surface area contributed by atoms with Crippen LogP contribution < -0.4 is 0 Å². The minimum atomic E-state index is -7.20. The van der Waals surface area contributed by atoms with Gasteiger partial charge in [-0.05, 0) is 6.42 Å². The molecular weight excluding hydrogens is 540 g/mol. The van der Waals surface area contributed by atoms with Crippen molar-refractivity contribution < 1.29 is 48.3 Å². The van der Waals surface area contributed by atoms with Crippen molar-refractivity contribution >= 4 is 22.6 Å². The van der Waals surface area contributed by atoms with Crippen molar-refractivity contribution in [1.29, 1.82) is 0 Å². The first-order chi connectivity index (χ1) is 12.8. The lowest BCUT2D eigenvalue weighted by atomic mass is 9.81. The molecule has 0 radical (unpaired) electrons. The van der Waals surface area contributed by atoms with E-state index < -0.39 is 39.7 Å². The van der Waals surface area contributed by atoms with Crippen LogP contribution in [0.3, 0.4) is 0 Å². The molecule has 0 N–H and O–H groups in total. The third-order valence-electron chi connectivity index (χ3n) is 4.61. The molecular formula is C17H24F11I. The standard InChI is InChI=1S/C17H24F11I/c1-3-4-5-6-7-8-9-10-12(2,29)11-13(18,16(23,24)25)14(19,20)15(21,22)17(26,27)28/h3-11H2,1-2H3. The summed E-state index contributed by atoms with van der Waals surface area (Å²) in [4.78, 5) is 0. The van der Waals surface area contributed by atoms with Crippen molar-refractivity contribution in [3.63, 3.8) is 0 Å². The van der Waals surface area contributed by atoms with Gasteiger partial charge in [0.05, 0.1) is 0 Å². The Morgan fingerprint density at radius 2 is 1.00 bits per heavy atom. The average Bonchev–Trinajstić information content (AvgIpc) is 2.51. The van der Waals surface area contributed by atoms with E-state index in [0.717, 1.165) is 32.6 Å². The maximum absolute atomic E-state index is 14.5. The number of unbranched alkanes of at least 4 members (excludes halogenated alkanes) is 6.